The summed E-state index contributed by atoms with van der Waals surface area (Å²) >= 11 is 0.725. The molecule has 0 aliphatic carbocycles. The quantitative estimate of drug-likeness (QED) is 0.724. The number of hydrogen-bond acceptors (Lipinski definition) is 0. The van der Waals surface area contributed by atoms with Gasteiger partial charge in [-0.3, -0.25) is 0 Å². The zero-order valence-electron chi connectivity index (χ0n) is 9.27. The van der Waals surface area contributed by atoms with Gasteiger partial charge in [0.2, 0.25) is 0 Å². The van der Waals surface area contributed by atoms with E-state index in [1.54, 1.807) is 0 Å². The first-order chi connectivity index (χ1) is 7.21. The van der Waals surface area contributed by atoms with Gasteiger partial charge < -0.3 is 0 Å². The molecular weight excluding hydrogens is 241 g/mol. The van der Waals surface area contributed by atoms with Gasteiger partial charge in [0.15, 0.2) is 0 Å². The minimum absolute atomic E-state index is 0.273. The van der Waals surface area contributed by atoms with Gasteiger partial charge in [-0.25, -0.2) is 0 Å². The van der Waals surface area contributed by atoms with E-state index in [9.17, 15) is 0 Å². The van der Waals surface area contributed by atoms with E-state index in [-0.39, 0.29) is 4.25 Å². The summed E-state index contributed by atoms with van der Waals surface area (Å²) in [6.45, 7) is 2.34. The Morgan fingerprint density at radius 2 is 1.07 bits per heavy atom. The van der Waals surface area contributed by atoms with Crippen molar-refractivity contribution in [2.24, 2.45) is 0 Å². The summed E-state index contributed by atoms with van der Waals surface area (Å²) in [6.07, 6.45) is 0. The van der Waals surface area contributed by atoms with Crippen LogP contribution in [-0.4, -0.2) is 16.5 Å². The third-order valence-corrected chi connectivity index (χ3v) is 5.41. The van der Waals surface area contributed by atoms with E-state index >= 15 is 0 Å². The Balaban J connectivity index is 2.44. The summed E-state index contributed by atoms with van der Waals surface area (Å²) in [4.78, 5) is 0. The van der Waals surface area contributed by atoms with Gasteiger partial charge in [0, 0.05) is 0 Å². The molecule has 0 radical (unpaired) electrons. The molecule has 2 rings (SSSR count). The van der Waals surface area contributed by atoms with Crippen LogP contribution in [0.3, 0.4) is 0 Å². The summed E-state index contributed by atoms with van der Waals surface area (Å²) in [5, 5.41) is 0. The second-order valence-corrected chi connectivity index (χ2v) is 8.55. The number of benzene rings is 2. The van der Waals surface area contributed by atoms with Crippen LogP contribution in [0.25, 0.3) is 0 Å². The standard InChI is InChI=1S/C14H16Ge/c1-14(15,12-8-4-2-5-9-12)13-10-6-3-7-11-13/h2-11H,1,15H3. The number of rotatable bonds is 2. The van der Waals surface area contributed by atoms with Gasteiger partial charge in [0.05, 0.1) is 0 Å². The van der Waals surface area contributed by atoms with Crippen molar-refractivity contribution in [1.82, 2.24) is 0 Å². The van der Waals surface area contributed by atoms with Crippen LogP contribution in [-0.2, 0) is 4.25 Å². The van der Waals surface area contributed by atoms with Crippen LogP contribution in [0.4, 0.5) is 0 Å². The van der Waals surface area contributed by atoms with Crippen LogP contribution < -0.4 is 0 Å². The molecular formula is C14H16Ge. The van der Waals surface area contributed by atoms with Gasteiger partial charge in [0.1, 0.15) is 0 Å². The van der Waals surface area contributed by atoms with Crippen molar-refractivity contribution in [2.75, 3.05) is 0 Å². The van der Waals surface area contributed by atoms with Gasteiger partial charge in [-0.1, -0.05) is 0 Å². The third kappa shape index (κ3) is 2.15. The topological polar surface area (TPSA) is 0 Å². The molecule has 0 fully saturated rings. The molecule has 0 bridgehead atoms. The van der Waals surface area contributed by atoms with Crippen LogP contribution in [0.15, 0.2) is 60.7 Å². The molecule has 2 aromatic carbocycles. The molecule has 0 nitrogen and oxygen atoms in total. The van der Waals surface area contributed by atoms with Crippen molar-refractivity contribution >= 4 is 16.5 Å². The Hall–Kier alpha value is -1.02. The summed E-state index contributed by atoms with van der Waals surface area (Å²) in [7, 11) is 0. The Labute approximate surface area is 99.6 Å². The van der Waals surface area contributed by atoms with E-state index in [1.807, 2.05) is 0 Å². The van der Waals surface area contributed by atoms with E-state index in [2.05, 4.69) is 67.6 Å². The molecule has 0 spiro atoms. The van der Waals surface area contributed by atoms with E-state index in [1.165, 1.54) is 11.1 Å². The molecule has 0 amide bonds. The Morgan fingerprint density at radius 1 is 0.733 bits per heavy atom. The second-order valence-electron chi connectivity index (χ2n) is 4.36. The van der Waals surface area contributed by atoms with E-state index in [4.69, 9.17) is 0 Å². The van der Waals surface area contributed by atoms with Crippen LogP contribution in [0.2, 0.25) is 0 Å². The average Bonchev–Trinajstić information content (AvgIpc) is 2.31. The molecule has 0 aliphatic heterocycles. The molecule has 0 unspecified atom stereocenters. The van der Waals surface area contributed by atoms with Gasteiger partial charge in [-0.05, 0) is 0 Å². The third-order valence-electron chi connectivity index (χ3n) is 2.99. The molecule has 0 N–H and O–H groups in total. The van der Waals surface area contributed by atoms with Crippen molar-refractivity contribution in [1.29, 1.82) is 0 Å². The molecule has 15 heavy (non-hydrogen) atoms. The minimum atomic E-state index is 0.273. The van der Waals surface area contributed by atoms with Crippen molar-refractivity contribution in [3.8, 4) is 0 Å². The molecule has 0 atom stereocenters. The van der Waals surface area contributed by atoms with Crippen LogP contribution in [0.5, 0.6) is 0 Å². The molecule has 2 aromatic rings. The van der Waals surface area contributed by atoms with Crippen LogP contribution >= 0.6 is 0 Å². The van der Waals surface area contributed by atoms with Crippen molar-refractivity contribution in [2.45, 2.75) is 11.2 Å². The van der Waals surface area contributed by atoms with Gasteiger partial charge >= 0.3 is 99.5 Å². The van der Waals surface area contributed by atoms with Crippen molar-refractivity contribution in [3.63, 3.8) is 0 Å². The summed E-state index contributed by atoms with van der Waals surface area (Å²) in [5.74, 6) is 0. The maximum absolute atomic E-state index is 2.34. The summed E-state index contributed by atoms with van der Waals surface area (Å²) < 4.78 is 0.273. The second kappa shape index (κ2) is 4.23. The fourth-order valence-electron chi connectivity index (χ4n) is 1.88. The average molecular weight is 257 g/mol. The molecule has 0 saturated carbocycles. The summed E-state index contributed by atoms with van der Waals surface area (Å²) in [5.41, 5.74) is 2.88. The van der Waals surface area contributed by atoms with Gasteiger partial charge in [0.25, 0.3) is 0 Å². The van der Waals surface area contributed by atoms with Crippen LogP contribution in [0.1, 0.15) is 18.1 Å². The zero-order valence-corrected chi connectivity index (χ0v) is 13.5. The first kappa shape index (κ1) is 10.5. The summed E-state index contributed by atoms with van der Waals surface area (Å²) in [6, 6.07) is 21.6. The molecule has 0 aliphatic rings. The molecule has 0 saturated heterocycles. The molecule has 1 heteroatoms. The maximum atomic E-state index is 2.34. The Bertz CT molecular complexity index is 376. The van der Waals surface area contributed by atoms with Crippen molar-refractivity contribution < 1.29 is 0 Å². The molecule has 0 heterocycles. The van der Waals surface area contributed by atoms with Crippen molar-refractivity contribution in [3.05, 3.63) is 71.8 Å². The first-order valence-corrected chi connectivity index (χ1v) is 7.42. The van der Waals surface area contributed by atoms with E-state index < -0.39 is 0 Å². The zero-order chi connectivity index (χ0) is 10.7. The Kier molecular flexibility index (Phi) is 2.96. The van der Waals surface area contributed by atoms with E-state index in [0.29, 0.717) is 0 Å². The SMILES string of the molecule is C[C]([GeH3])(c1ccccc1)c1ccccc1. The molecule has 76 valence electrons. The van der Waals surface area contributed by atoms with E-state index in [0.717, 1.165) is 16.5 Å². The first-order valence-electron chi connectivity index (χ1n) is 5.32. The fourth-order valence-corrected chi connectivity index (χ4v) is 3.28. The predicted octanol–water partition coefficient (Wildman–Crippen LogP) is 2.32. The monoisotopic (exact) mass is 258 g/mol. The molecule has 0 aromatic heterocycles. The van der Waals surface area contributed by atoms with Crippen LogP contribution in [0, 0.1) is 0 Å². The van der Waals surface area contributed by atoms with Gasteiger partial charge in [-0.2, -0.15) is 0 Å². The van der Waals surface area contributed by atoms with Gasteiger partial charge in [-0.15, -0.1) is 0 Å². The normalized spacial score (nSPS) is 11.5. The number of hydrogen-bond donors (Lipinski definition) is 0. The fraction of sp³-hybridized carbons (Fsp3) is 0.143. The Morgan fingerprint density at radius 3 is 1.40 bits per heavy atom. The predicted molar refractivity (Wildman–Crippen MR) is 69.3 cm³/mol.